The number of halogens is 1. The second kappa shape index (κ2) is 13.8. The fraction of sp³-hybridized carbons (Fsp3) is 0.400. The minimum Gasteiger partial charge on any atom is -0.466 e. The fourth-order valence-electron chi connectivity index (χ4n) is 3.35. The van der Waals surface area contributed by atoms with Gasteiger partial charge in [0.1, 0.15) is 0 Å². The second-order valence-electron chi connectivity index (χ2n) is 8.25. The van der Waals surface area contributed by atoms with Crippen LogP contribution in [0, 0.1) is 0 Å². The Bertz CT molecular complexity index is 1120. The van der Waals surface area contributed by atoms with Crippen LogP contribution in [-0.2, 0) is 35.6 Å². The minimum absolute atomic E-state index is 0.0772. The summed E-state index contributed by atoms with van der Waals surface area (Å²) in [7, 11) is -3.73. The average molecular weight is 523 g/mol. The molecular formula is C25H31ClN2O6S. The van der Waals surface area contributed by atoms with Gasteiger partial charge in [-0.15, -0.1) is 0 Å². The molecule has 0 aliphatic rings. The predicted molar refractivity (Wildman–Crippen MR) is 135 cm³/mol. The molecule has 1 atom stereocenters. The van der Waals surface area contributed by atoms with Crippen molar-refractivity contribution in [2.45, 2.75) is 51.5 Å². The van der Waals surface area contributed by atoms with E-state index in [1.807, 2.05) is 54.1 Å². The van der Waals surface area contributed by atoms with Gasteiger partial charge >= 0.3 is 5.97 Å². The highest BCUT2D eigenvalue weighted by Crippen LogP contribution is 2.23. The van der Waals surface area contributed by atoms with Crippen molar-refractivity contribution in [2.75, 3.05) is 12.9 Å². The first-order valence-electron chi connectivity index (χ1n) is 11.4. The topological polar surface area (TPSA) is 119 Å². The highest BCUT2D eigenvalue weighted by molar-refractivity contribution is 7.89. The van der Waals surface area contributed by atoms with Crippen molar-refractivity contribution in [3.8, 4) is 11.1 Å². The van der Waals surface area contributed by atoms with Gasteiger partial charge in [-0.1, -0.05) is 61.3 Å². The van der Waals surface area contributed by atoms with Crippen LogP contribution in [0.2, 0.25) is 5.02 Å². The summed E-state index contributed by atoms with van der Waals surface area (Å²) >= 11 is 6.06. The molecule has 2 aromatic rings. The number of esters is 1. The van der Waals surface area contributed by atoms with E-state index in [-0.39, 0.29) is 19.3 Å². The van der Waals surface area contributed by atoms with E-state index in [2.05, 4.69) is 5.32 Å². The van der Waals surface area contributed by atoms with Crippen LogP contribution in [-0.4, -0.2) is 45.1 Å². The minimum atomic E-state index is -3.73. The van der Waals surface area contributed by atoms with Crippen LogP contribution in [0.4, 0.5) is 0 Å². The molecule has 2 rings (SSSR count). The van der Waals surface area contributed by atoms with E-state index in [0.717, 1.165) is 35.8 Å². The van der Waals surface area contributed by atoms with Gasteiger partial charge in [-0.3, -0.25) is 19.1 Å². The maximum absolute atomic E-state index is 12.4. The Balaban J connectivity index is 2.04. The molecular weight excluding hydrogens is 492 g/mol. The number of hydrogen-bond acceptors (Lipinski definition) is 6. The maximum Gasteiger partial charge on any atom is 0.306 e. The van der Waals surface area contributed by atoms with Gasteiger partial charge in [-0.2, -0.15) is 0 Å². The number of carbonyl (C=O) groups is 3. The van der Waals surface area contributed by atoms with Gasteiger partial charge in [0.2, 0.25) is 21.8 Å². The summed E-state index contributed by atoms with van der Waals surface area (Å²) in [5.74, 6) is -1.62. The van der Waals surface area contributed by atoms with Gasteiger partial charge in [0.25, 0.3) is 0 Å². The molecule has 2 N–H and O–H groups in total. The van der Waals surface area contributed by atoms with Crippen LogP contribution in [0.1, 0.15) is 44.6 Å². The van der Waals surface area contributed by atoms with E-state index < -0.39 is 33.8 Å². The molecule has 0 bridgehead atoms. The molecule has 8 nitrogen and oxygen atoms in total. The summed E-state index contributed by atoms with van der Waals surface area (Å²) in [5, 5.41) is 3.36. The van der Waals surface area contributed by atoms with Crippen molar-refractivity contribution in [2.24, 2.45) is 0 Å². The van der Waals surface area contributed by atoms with Gasteiger partial charge in [-0.25, -0.2) is 8.42 Å². The lowest BCUT2D eigenvalue weighted by Gasteiger charge is -2.19. The monoisotopic (exact) mass is 522 g/mol. The maximum atomic E-state index is 12.4. The van der Waals surface area contributed by atoms with Crippen molar-refractivity contribution in [1.82, 2.24) is 10.0 Å². The Hall–Kier alpha value is -2.91. The number of nitrogens with one attached hydrogen (secondary N) is 2. The molecule has 190 valence electrons. The first-order chi connectivity index (χ1) is 16.6. The Morgan fingerprint density at radius 3 is 2.34 bits per heavy atom. The molecule has 0 saturated heterocycles. The van der Waals surface area contributed by atoms with Gasteiger partial charge in [0.15, 0.2) is 0 Å². The van der Waals surface area contributed by atoms with Gasteiger partial charge in [0.05, 0.1) is 19.3 Å². The van der Waals surface area contributed by atoms with Crippen LogP contribution in [0.5, 0.6) is 0 Å². The molecule has 2 aromatic carbocycles. The van der Waals surface area contributed by atoms with Crippen molar-refractivity contribution in [1.29, 1.82) is 0 Å². The van der Waals surface area contributed by atoms with Crippen LogP contribution in [0.15, 0.2) is 48.5 Å². The number of amides is 2. The first-order valence-corrected chi connectivity index (χ1v) is 13.6. The van der Waals surface area contributed by atoms with Crippen LogP contribution in [0.25, 0.3) is 11.1 Å². The summed E-state index contributed by atoms with van der Waals surface area (Å²) in [4.78, 5) is 36.4. The lowest BCUT2D eigenvalue weighted by Crippen LogP contribution is -2.41. The number of sulfonamides is 1. The molecule has 0 radical (unpaired) electrons. The van der Waals surface area contributed by atoms with E-state index in [9.17, 15) is 22.8 Å². The summed E-state index contributed by atoms with van der Waals surface area (Å²) in [5.41, 5.74) is 2.74. The highest BCUT2D eigenvalue weighted by Gasteiger charge is 2.20. The number of ether oxygens (including phenoxy) is 1. The molecule has 10 heteroatoms. The van der Waals surface area contributed by atoms with Crippen molar-refractivity contribution < 1.29 is 27.5 Å². The quantitative estimate of drug-likeness (QED) is 0.306. The highest BCUT2D eigenvalue weighted by atomic mass is 35.5. The standard InChI is InChI=1S/C25H31ClN2O6S/c1-3-4-14-34-25(31)13-12-23(29)27-22(17-24(30)28-35(2,32)33)15-18-8-10-19(11-9-18)20-6-5-7-21(26)16-20/h5-11,16,22H,3-4,12-15,17H2,1-2H3,(H,27,29)(H,28,30)/t22-/m1/s1. The molecule has 0 spiro atoms. The zero-order valence-corrected chi connectivity index (χ0v) is 21.5. The van der Waals surface area contributed by atoms with Crippen molar-refractivity contribution in [3.05, 3.63) is 59.1 Å². The van der Waals surface area contributed by atoms with Crippen LogP contribution in [0.3, 0.4) is 0 Å². The lowest BCUT2D eigenvalue weighted by molar-refractivity contribution is -0.145. The molecule has 0 fully saturated rings. The van der Waals surface area contributed by atoms with Crippen LogP contribution >= 0.6 is 11.6 Å². The molecule has 0 aliphatic heterocycles. The van der Waals surface area contributed by atoms with Gasteiger partial charge < -0.3 is 10.1 Å². The molecule has 0 saturated carbocycles. The van der Waals surface area contributed by atoms with Crippen LogP contribution < -0.4 is 10.0 Å². The largest absolute Gasteiger partial charge is 0.466 e. The fourth-order valence-corrected chi connectivity index (χ4v) is 4.04. The summed E-state index contributed by atoms with van der Waals surface area (Å²) in [6, 6.07) is 14.3. The van der Waals surface area contributed by atoms with E-state index >= 15 is 0 Å². The number of benzene rings is 2. The Morgan fingerprint density at radius 1 is 1.00 bits per heavy atom. The number of rotatable bonds is 13. The van der Waals surface area contributed by atoms with E-state index in [1.54, 1.807) is 6.07 Å². The zero-order valence-electron chi connectivity index (χ0n) is 19.9. The van der Waals surface area contributed by atoms with E-state index in [4.69, 9.17) is 16.3 Å². The number of carbonyl (C=O) groups excluding carboxylic acids is 3. The van der Waals surface area contributed by atoms with Crippen molar-refractivity contribution in [3.63, 3.8) is 0 Å². The molecule has 0 unspecified atom stereocenters. The SMILES string of the molecule is CCCCOC(=O)CCC(=O)N[C@@H](CC(=O)NS(C)(=O)=O)Cc1ccc(-c2cccc(Cl)c2)cc1. The molecule has 2 amide bonds. The lowest BCUT2D eigenvalue weighted by atomic mass is 9.99. The normalized spacial score (nSPS) is 12.0. The molecule has 35 heavy (non-hydrogen) atoms. The Morgan fingerprint density at radius 2 is 1.71 bits per heavy atom. The van der Waals surface area contributed by atoms with Gasteiger partial charge in [0, 0.05) is 23.9 Å². The third-order valence-corrected chi connectivity index (χ3v) is 5.84. The third kappa shape index (κ3) is 11.4. The predicted octanol–water partition coefficient (Wildman–Crippen LogP) is 3.62. The zero-order chi connectivity index (χ0) is 25.8. The Labute approximate surface area is 211 Å². The van der Waals surface area contributed by atoms with E-state index in [0.29, 0.717) is 18.1 Å². The summed E-state index contributed by atoms with van der Waals surface area (Å²) in [6.07, 6.45) is 2.41. The first kappa shape index (κ1) is 28.3. The Kier molecular flexibility index (Phi) is 11.2. The second-order valence-corrected chi connectivity index (χ2v) is 10.4. The summed E-state index contributed by atoms with van der Waals surface area (Å²) < 4.78 is 29.8. The third-order valence-electron chi connectivity index (χ3n) is 5.01. The smallest absolute Gasteiger partial charge is 0.306 e. The number of unbranched alkanes of at least 4 members (excludes halogenated alkanes) is 1. The summed E-state index contributed by atoms with van der Waals surface area (Å²) in [6.45, 7) is 2.29. The van der Waals surface area contributed by atoms with E-state index in [1.165, 1.54) is 0 Å². The van der Waals surface area contributed by atoms with Crippen molar-refractivity contribution >= 4 is 39.4 Å². The van der Waals surface area contributed by atoms with Gasteiger partial charge in [-0.05, 0) is 41.7 Å². The number of hydrogen-bond donors (Lipinski definition) is 2. The molecule has 0 heterocycles. The average Bonchev–Trinajstić information content (AvgIpc) is 2.77. The molecule has 0 aliphatic carbocycles. The molecule has 0 aromatic heterocycles.